The third-order valence-corrected chi connectivity index (χ3v) is 5.72. The highest BCUT2D eigenvalue weighted by atomic mass is 16.2. The predicted octanol–water partition coefficient (Wildman–Crippen LogP) is 2.74. The van der Waals surface area contributed by atoms with Crippen LogP contribution in [0.1, 0.15) is 51.5 Å². The summed E-state index contributed by atoms with van der Waals surface area (Å²) in [5.74, 6) is 1.10. The van der Waals surface area contributed by atoms with E-state index in [1.807, 2.05) is 17.0 Å². The first-order valence-electron chi connectivity index (χ1n) is 10.8. The summed E-state index contributed by atoms with van der Waals surface area (Å²) in [6.07, 6.45) is 5.61. The fourth-order valence-corrected chi connectivity index (χ4v) is 4.02. The number of hydrogen-bond donors (Lipinski definition) is 2. The van der Waals surface area contributed by atoms with Crippen LogP contribution in [-0.4, -0.2) is 55.5 Å². The number of anilines is 1. The van der Waals surface area contributed by atoms with Crippen molar-refractivity contribution >= 4 is 17.6 Å². The number of piperidine rings is 1. The molecule has 1 unspecified atom stereocenters. The normalized spacial score (nSPS) is 21.2. The molecule has 0 aromatic heterocycles. The summed E-state index contributed by atoms with van der Waals surface area (Å²) in [4.78, 5) is 21.0. The van der Waals surface area contributed by atoms with Crippen molar-refractivity contribution in [2.75, 3.05) is 37.6 Å². The fraction of sp³-hybridized carbons (Fsp3) is 0.636. The lowest BCUT2D eigenvalue weighted by molar-refractivity contribution is -0.117. The standard InChI is InChI=1S/C22H35N5O/c1-3-23-22(24-13-16-26-14-5-4-7-18(26)2)25-17-19-9-11-20(12-10-19)27-15-6-8-21(27)28/h9-12,18H,3-8,13-17H2,1-2H3,(H2,23,24,25). The van der Waals surface area contributed by atoms with Gasteiger partial charge in [-0.25, -0.2) is 4.99 Å². The Balaban J connectivity index is 1.49. The van der Waals surface area contributed by atoms with E-state index >= 15 is 0 Å². The molecule has 0 spiro atoms. The van der Waals surface area contributed by atoms with Crippen LogP contribution in [0, 0.1) is 0 Å². The smallest absolute Gasteiger partial charge is 0.227 e. The lowest BCUT2D eigenvalue weighted by Gasteiger charge is -2.33. The molecule has 1 amide bonds. The molecule has 2 N–H and O–H groups in total. The van der Waals surface area contributed by atoms with Crippen molar-refractivity contribution in [3.63, 3.8) is 0 Å². The molecule has 0 aliphatic carbocycles. The van der Waals surface area contributed by atoms with Crippen molar-refractivity contribution in [1.29, 1.82) is 0 Å². The average Bonchev–Trinajstić information content (AvgIpc) is 3.14. The number of amides is 1. The molecule has 0 radical (unpaired) electrons. The van der Waals surface area contributed by atoms with Gasteiger partial charge in [-0.1, -0.05) is 18.6 Å². The van der Waals surface area contributed by atoms with Crippen molar-refractivity contribution in [2.24, 2.45) is 4.99 Å². The summed E-state index contributed by atoms with van der Waals surface area (Å²) in [6.45, 7) is 9.91. The van der Waals surface area contributed by atoms with Gasteiger partial charge in [0.15, 0.2) is 5.96 Å². The summed E-state index contributed by atoms with van der Waals surface area (Å²) in [7, 11) is 0. The number of rotatable bonds is 7. The molecular formula is C22H35N5O. The minimum Gasteiger partial charge on any atom is -0.357 e. The molecule has 1 atom stereocenters. The van der Waals surface area contributed by atoms with E-state index in [1.54, 1.807) is 0 Å². The van der Waals surface area contributed by atoms with Crippen molar-refractivity contribution < 1.29 is 4.79 Å². The van der Waals surface area contributed by atoms with Crippen molar-refractivity contribution in [2.45, 2.75) is 58.5 Å². The van der Waals surface area contributed by atoms with Gasteiger partial charge in [0.25, 0.3) is 0 Å². The van der Waals surface area contributed by atoms with Gasteiger partial charge in [-0.3, -0.25) is 9.69 Å². The Bertz CT molecular complexity index is 657. The molecule has 6 heteroatoms. The Morgan fingerprint density at radius 3 is 2.64 bits per heavy atom. The Morgan fingerprint density at radius 1 is 1.14 bits per heavy atom. The third-order valence-electron chi connectivity index (χ3n) is 5.72. The topological polar surface area (TPSA) is 60.0 Å². The van der Waals surface area contributed by atoms with E-state index in [9.17, 15) is 4.79 Å². The summed E-state index contributed by atoms with van der Waals surface area (Å²) >= 11 is 0. The van der Waals surface area contributed by atoms with Gasteiger partial charge < -0.3 is 15.5 Å². The van der Waals surface area contributed by atoms with Gasteiger partial charge in [0, 0.05) is 44.3 Å². The summed E-state index contributed by atoms with van der Waals surface area (Å²) in [5, 5.41) is 6.80. The molecule has 6 nitrogen and oxygen atoms in total. The molecule has 3 rings (SSSR count). The van der Waals surface area contributed by atoms with Crippen molar-refractivity contribution in [3.05, 3.63) is 29.8 Å². The number of hydrogen-bond acceptors (Lipinski definition) is 3. The van der Waals surface area contributed by atoms with Gasteiger partial charge in [-0.05, 0) is 57.4 Å². The molecular weight excluding hydrogens is 350 g/mol. The third kappa shape index (κ3) is 5.71. The molecule has 154 valence electrons. The van der Waals surface area contributed by atoms with Gasteiger partial charge in [-0.15, -0.1) is 0 Å². The number of nitrogens with zero attached hydrogens (tertiary/aromatic N) is 3. The second kappa shape index (κ2) is 10.5. The first-order valence-corrected chi connectivity index (χ1v) is 10.8. The fourth-order valence-electron chi connectivity index (χ4n) is 4.02. The molecule has 1 aromatic rings. The van der Waals surface area contributed by atoms with Gasteiger partial charge in [0.2, 0.25) is 5.91 Å². The predicted molar refractivity (Wildman–Crippen MR) is 116 cm³/mol. The first kappa shape index (κ1) is 20.6. The van der Waals surface area contributed by atoms with Gasteiger partial charge in [0.05, 0.1) is 6.54 Å². The van der Waals surface area contributed by atoms with Crippen molar-refractivity contribution in [3.8, 4) is 0 Å². The van der Waals surface area contributed by atoms with E-state index < -0.39 is 0 Å². The van der Waals surface area contributed by atoms with Crippen LogP contribution in [0.5, 0.6) is 0 Å². The molecule has 0 saturated carbocycles. The maximum atomic E-state index is 11.9. The van der Waals surface area contributed by atoms with Gasteiger partial charge >= 0.3 is 0 Å². The van der Waals surface area contributed by atoms with Crippen LogP contribution in [0.3, 0.4) is 0 Å². The van der Waals surface area contributed by atoms with Crippen LogP contribution >= 0.6 is 0 Å². The molecule has 2 aliphatic rings. The SMILES string of the molecule is CCNC(=NCc1ccc(N2CCCC2=O)cc1)NCCN1CCCCC1C. The van der Waals surface area contributed by atoms with E-state index in [4.69, 9.17) is 4.99 Å². The number of carbonyl (C=O) groups is 1. The second-order valence-electron chi connectivity index (χ2n) is 7.82. The summed E-state index contributed by atoms with van der Waals surface area (Å²) in [5.41, 5.74) is 2.15. The zero-order valence-electron chi connectivity index (χ0n) is 17.4. The first-order chi connectivity index (χ1) is 13.7. The molecule has 2 heterocycles. The highest BCUT2D eigenvalue weighted by Gasteiger charge is 2.21. The highest BCUT2D eigenvalue weighted by Crippen LogP contribution is 2.21. The molecule has 2 fully saturated rings. The van der Waals surface area contributed by atoms with Crippen LogP contribution < -0.4 is 15.5 Å². The van der Waals surface area contributed by atoms with E-state index in [1.165, 1.54) is 25.8 Å². The van der Waals surface area contributed by atoms with Crippen molar-refractivity contribution in [1.82, 2.24) is 15.5 Å². The summed E-state index contributed by atoms with van der Waals surface area (Å²) in [6, 6.07) is 8.90. The lowest BCUT2D eigenvalue weighted by atomic mass is 10.0. The monoisotopic (exact) mass is 385 g/mol. The van der Waals surface area contributed by atoms with E-state index in [0.717, 1.165) is 49.8 Å². The van der Waals surface area contributed by atoms with Crippen LogP contribution in [0.4, 0.5) is 5.69 Å². The number of guanidine groups is 1. The quantitative estimate of drug-likeness (QED) is 0.560. The molecule has 28 heavy (non-hydrogen) atoms. The molecule has 0 bridgehead atoms. The Kier molecular flexibility index (Phi) is 7.71. The average molecular weight is 386 g/mol. The maximum Gasteiger partial charge on any atom is 0.227 e. The minimum atomic E-state index is 0.229. The number of aliphatic imine (C=N–C) groups is 1. The zero-order chi connectivity index (χ0) is 19.8. The second-order valence-corrected chi connectivity index (χ2v) is 7.82. The maximum absolute atomic E-state index is 11.9. The zero-order valence-corrected chi connectivity index (χ0v) is 17.4. The number of carbonyl (C=O) groups excluding carboxylic acids is 1. The van der Waals surface area contributed by atoms with E-state index in [-0.39, 0.29) is 5.91 Å². The van der Waals surface area contributed by atoms with Gasteiger partial charge in [0.1, 0.15) is 0 Å². The van der Waals surface area contributed by atoms with Crippen LogP contribution in [-0.2, 0) is 11.3 Å². The number of benzene rings is 1. The number of likely N-dealkylation sites (tertiary alicyclic amines) is 1. The Hall–Kier alpha value is -2.08. The van der Waals surface area contributed by atoms with Gasteiger partial charge in [-0.2, -0.15) is 0 Å². The molecule has 1 aromatic carbocycles. The van der Waals surface area contributed by atoms with E-state index in [0.29, 0.717) is 19.0 Å². The van der Waals surface area contributed by atoms with Crippen LogP contribution in [0.25, 0.3) is 0 Å². The summed E-state index contributed by atoms with van der Waals surface area (Å²) < 4.78 is 0. The lowest BCUT2D eigenvalue weighted by Crippen LogP contribution is -2.45. The van der Waals surface area contributed by atoms with Crippen LogP contribution in [0.15, 0.2) is 29.3 Å². The Morgan fingerprint density at radius 2 is 1.96 bits per heavy atom. The largest absolute Gasteiger partial charge is 0.357 e. The molecule has 2 aliphatic heterocycles. The molecule has 2 saturated heterocycles. The van der Waals surface area contributed by atoms with Crippen LogP contribution in [0.2, 0.25) is 0 Å². The minimum absolute atomic E-state index is 0.229. The number of nitrogens with one attached hydrogen (secondary N) is 2. The highest BCUT2D eigenvalue weighted by molar-refractivity contribution is 5.95. The van der Waals surface area contributed by atoms with E-state index in [2.05, 4.69) is 41.5 Å². The Labute approximate surface area is 169 Å².